The van der Waals surface area contributed by atoms with E-state index in [2.05, 4.69) is 0 Å². The highest BCUT2D eigenvalue weighted by Crippen LogP contribution is 2.44. The minimum atomic E-state index is -1.32. The largest absolute Gasteiger partial charge is 0.493 e. The molecular weight excluding hydrogens is 421 g/mol. The number of hydrogen-bond acceptors (Lipinski definition) is 4. The number of carboxylic acid groups (broad SMARTS) is 1. The molecule has 1 unspecified atom stereocenters. The van der Waals surface area contributed by atoms with Crippen LogP contribution in [0.25, 0.3) is 32.8 Å². The van der Waals surface area contributed by atoms with E-state index in [4.69, 9.17) is 14.5 Å². The van der Waals surface area contributed by atoms with Crippen LogP contribution in [-0.4, -0.2) is 35.4 Å². The number of aryl methyl sites for hydroxylation is 1. The number of benzene rings is 3. The molecule has 0 bridgehead atoms. The minimum Gasteiger partial charge on any atom is -0.493 e. The van der Waals surface area contributed by atoms with Crippen LogP contribution < -0.4 is 4.74 Å². The Morgan fingerprint density at radius 2 is 2.06 bits per heavy atom. The fourth-order valence-electron chi connectivity index (χ4n) is 4.75. The van der Waals surface area contributed by atoms with Crippen LogP contribution in [-0.2, 0) is 16.0 Å². The highest BCUT2D eigenvalue weighted by atomic mass is 19.1. The Bertz CT molecular complexity index is 1370. The van der Waals surface area contributed by atoms with E-state index in [1.54, 1.807) is 6.20 Å². The highest BCUT2D eigenvalue weighted by molar-refractivity contribution is 6.08. The Balaban J connectivity index is 1.88. The summed E-state index contributed by atoms with van der Waals surface area (Å²) in [5.41, 5.74) is 4.73. The molecule has 2 atom stereocenters. The third-order valence-corrected chi connectivity index (χ3v) is 6.21. The van der Waals surface area contributed by atoms with Gasteiger partial charge in [0, 0.05) is 29.1 Å². The number of aromatic nitrogens is 1. The van der Waals surface area contributed by atoms with E-state index in [0.29, 0.717) is 12.2 Å². The van der Waals surface area contributed by atoms with Gasteiger partial charge < -0.3 is 14.6 Å². The van der Waals surface area contributed by atoms with Crippen LogP contribution in [0.4, 0.5) is 4.39 Å². The lowest BCUT2D eigenvalue weighted by Gasteiger charge is -2.25. The quantitative estimate of drug-likeness (QED) is 0.406. The van der Waals surface area contributed by atoms with Crippen molar-refractivity contribution in [2.45, 2.75) is 32.5 Å². The van der Waals surface area contributed by atoms with Gasteiger partial charge in [-0.15, -0.1) is 0 Å². The molecule has 1 aliphatic heterocycles. The summed E-state index contributed by atoms with van der Waals surface area (Å²) in [7, 11) is 0. The third kappa shape index (κ3) is 3.60. The Labute approximate surface area is 190 Å². The number of halogens is 1. The summed E-state index contributed by atoms with van der Waals surface area (Å²) >= 11 is 0. The predicted molar refractivity (Wildman–Crippen MR) is 126 cm³/mol. The molecule has 2 heterocycles. The molecular formula is C27H24FNO4. The van der Waals surface area contributed by atoms with Gasteiger partial charge >= 0.3 is 5.97 Å². The maximum absolute atomic E-state index is 13.3. The Morgan fingerprint density at radius 1 is 1.24 bits per heavy atom. The Kier molecular flexibility index (Phi) is 5.46. The van der Waals surface area contributed by atoms with E-state index in [1.807, 2.05) is 55.5 Å². The van der Waals surface area contributed by atoms with Crippen molar-refractivity contribution in [2.75, 3.05) is 13.3 Å². The first-order chi connectivity index (χ1) is 16.0. The first-order valence-corrected chi connectivity index (χ1v) is 11.0. The molecule has 0 saturated heterocycles. The lowest BCUT2D eigenvalue weighted by Crippen LogP contribution is -2.23. The van der Waals surface area contributed by atoms with Gasteiger partial charge in [-0.1, -0.05) is 30.3 Å². The fourth-order valence-corrected chi connectivity index (χ4v) is 4.75. The van der Waals surface area contributed by atoms with E-state index in [1.165, 1.54) is 6.92 Å². The zero-order valence-corrected chi connectivity index (χ0v) is 18.5. The summed E-state index contributed by atoms with van der Waals surface area (Å²) in [6, 6.07) is 15.6. The monoisotopic (exact) mass is 445 g/mol. The molecule has 0 amide bonds. The number of aliphatic carboxylic acids is 1. The van der Waals surface area contributed by atoms with Crippen LogP contribution in [0.1, 0.15) is 29.7 Å². The number of hydrogen-bond donors (Lipinski definition) is 1. The van der Waals surface area contributed by atoms with E-state index in [-0.39, 0.29) is 0 Å². The first kappa shape index (κ1) is 21.3. The molecule has 1 N–H and O–H groups in total. The van der Waals surface area contributed by atoms with Crippen LogP contribution in [0.5, 0.6) is 5.75 Å². The summed E-state index contributed by atoms with van der Waals surface area (Å²) in [5.74, 6) is -0.382. The van der Waals surface area contributed by atoms with Gasteiger partial charge in [0.1, 0.15) is 12.4 Å². The van der Waals surface area contributed by atoms with Gasteiger partial charge in [-0.25, -0.2) is 9.18 Å². The lowest BCUT2D eigenvalue weighted by atomic mass is 9.85. The molecule has 0 fully saturated rings. The molecule has 6 heteroatoms. The zero-order chi connectivity index (χ0) is 23.1. The molecule has 1 aliphatic rings. The number of alkyl halides is 1. The van der Waals surface area contributed by atoms with Crippen molar-refractivity contribution < 1.29 is 23.8 Å². The summed E-state index contributed by atoms with van der Waals surface area (Å²) in [5, 5.41) is 12.9. The van der Waals surface area contributed by atoms with Gasteiger partial charge in [0.25, 0.3) is 0 Å². The van der Waals surface area contributed by atoms with Gasteiger partial charge in [0.15, 0.2) is 6.10 Å². The van der Waals surface area contributed by atoms with Gasteiger partial charge in [-0.3, -0.25) is 4.98 Å². The summed E-state index contributed by atoms with van der Waals surface area (Å²) in [6.07, 6.45) is 0.390. The van der Waals surface area contributed by atoms with Crippen molar-refractivity contribution in [3.8, 4) is 16.9 Å². The second-order valence-corrected chi connectivity index (χ2v) is 8.43. The second-order valence-electron chi connectivity index (χ2n) is 8.43. The number of rotatable bonds is 6. The van der Waals surface area contributed by atoms with E-state index in [0.717, 1.165) is 56.1 Å². The third-order valence-electron chi connectivity index (χ3n) is 6.21. The first-order valence-electron chi connectivity index (χ1n) is 11.0. The molecule has 5 rings (SSSR count). The van der Waals surface area contributed by atoms with Crippen LogP contribution in [0.15, 0.2) is 54.7 Å². The van der Waals surface area contributed by atoms with Crippen molar-refractivity contribution in [2.24, 2.45) is 0 Å². The number of fused-ring (bicyclic) bond motifs is 1. The van der Waals surface area contributed by atoms with Crippen molar-refractivity contribution in [1.82, 2.24) is 4.98 Å². The standard InChI is InChI=1S/C27H24FNO4/c1-15-13-18-5-3-4-6-19(18)24(22(15)26(27(30)31)33-16(2)14-28)20-7-8-21-23-17(10-12-32-21)9-11-29-25(20)23/h3-9,11,13,16,26H,10,12,14H2,1-2H3,(H,30,31)/t16?,26-/m1/s1. The number of ether oxygens (including phenoxy) is 2. The van der Waals surface area contributed by atoms with Crippen LogP contribution in [0, 0.1) is 6.92 Å². The zero-order valence-electron chi connectivity index (χ0n) is 18.5. The smallest absolute Gasteiger partial charge is 0.337 e. The molecule has 33 heavy (non-hydrogen) atoms. The van der Waals surface area contributed by atoms with Crippen LogP contribution in [0.3, 0.4) is 0 Å². The molecule has 0 radical (unpaired) electrons. The van der Waals surface area contributed by atoms with E-state index < -0.39 is 24.9 Å². The maximum Gasteiger partial charge on any atom is 0.337 e. The fraction of sp³-hybridized carbons (Fsp3) is 0.259. The highest BCUT2D eigenvalue weighted by Gasteiger charge is 2.30. The van der Waals surface area contributed by atoms with E-state index in [9.17, 15) is 14.3 Å². The predicted octanol–water partition coefficient (Wildman–Crippen LogP) is 5.80. The van der Waals surface area contributed by atoms with Crippen LogP contribution in [0.2, 0.25) is 0 Å². The van der Waals surface area contributed by atoms with Gasteiger partial charge in [-0.05, 0) is 59.5 Å². The average molecular weight is 445 g/mol. The second kappa shape index (κ2) is 8.45. The van der Waals surface area contributed by atoms with Gasteiger partial charge in [-0.2, -0.15) is 0 Å². The maximum atomic E-state index is 13.3. The molecule has 1 aromatic heterocycles. The Hall–Kier alpha value is -3.51. The van der Waals surface area contributed by atoms with Crippen LogP contribution >= 0.6 is 0 Å². The molecule has 168 valence electrons. The van der Waals surface area contributed by atoms with Crippen molar-refractivity contribution in [1.29, 1.82) is 0 Å². The summed E-state index contributed by atoms with van der Waals surface area (Å²) in [6.45, 7) is 3.24. The normalized spacial score (nSPS) is 14.8. The molecule has 0 aliphatic carbocycles. The Morgan fingerprint density at radius 3 is 2.85 bits per heavy atom. The van der Waals surface area contributed by atoms with Crippen molar-refractivity contribution >= 4 is 27.6 Å². The number of carboxylic acids is 1. The summed E-state index contributed by atoms with van der Waals surface area (Å²) in [4.78, 5) is 17.1. The van der Waals surface area contributed by atoms with Gasteiger partial charge in [0.2, 0.25) is 0 Å². The average Bonchev–Trinajstić information content (AvgIpc) is 2.82. The summed E-state index contributed by atoms with van der Waals surface area (Å²) < 4.78 is 24.9. The number of nitrogens with zero attached hydrogens (tertiary/aromatic N) is 1. The lowest BCUT2D eigenvalue weighted by molar-refractivity contribution is -0.154. The molecule has 3 aromatic carbocycles. The minimum absolute atomic E-state index is 0.515. The van der Waals surface area contributed by atoms with Crippen molar-refractivity contribution in [3.63, 3.8) is 0 Å². The van der Waals surface area contributed by atoms with Crippen molar-refractivity contribution in [3.05, 3.63) is 71.4 Å². The van der Waals surface area contributed by atoms with Gasteiger partial charge in [0.05, 0.1) is 18.2 Å². The molecule has 0 spiro atoms. The number of pyridine rings is 1. The topological polar surface area (TPSA) is 68.7 Å². The van der Waals surface area contributed by atoms with E-state index >= 15 is 0 Å². The molecule has 4 aromatic rings. The number of carbonyl (C=O) groups is 1. The molecule has 5 nitrogen and oxygen atoms in total. The SMILES string of the molecule is Cc1cc2ccccc2c(-c2ccc3c4c(ccnc24)CCO3)c1[C@@H](OC(C)CF)C(=O)O. The molecule has 0 saturated carbocycles.